The maximum absolute atomic E-state index is 12.8. The number of primary amides is 1. The van der Waals surface area contributed by atoms with Crippen LogP contribution in [0.4, 0.5) is 32.3 Å². The number of nitrogens with one attached hydrogen (secondary N) is 3. The number of amides is 5. The van der Waals surface area contributed by atoms with Crippen LogP contribution in [0.15, 0.2) is 42.5 Å². The summed E-state index contributed by atoms with van der Waals surface area (Å²) >= 11 is 0. The predicted molar refractivity (Wildman–Crippen MR) is 99.9 cm³/mol. The molecular weight excluding hydrogens is 334 g/mol. The number of anilines is 4. The van der Waals surface area contributed by atoms with Crippen LogP contribution in [-0.4, -0.2) is 24.0 Å². The van der Waals surface area contributed by atoms with E-state index in [9.17, 15) is 14.4 Å². The van der Waals surface area contributed by atoms with Crippen LogP contribution in [0.3, 0.4) is 0 Å². The lowest BCUT2D eigenvalue weighted by molar-refractivity contribution is 0.103. The van der Waals surface area contributed by atoms with Crippen LogP contribution in [-0.2, 0) is 0 Å². The number of fused-ring (bicyclic) bond motifs is 2. The Morgan fingerprint density at radius 3 is 2.42 bits per heavy atom. The maximum atomic E-state index is 12.8. The highest BCUT2D eigenvalue weighted by Gasteiger charge is 2.32. The Balaban J connectivity index is 2.12. The van der Waals surface area contributed by atoms with Crippen LogP contribution in [0.5, 0.6) is 0 Å². The Hall–Kier alpha value is -3.55. The van der Waals surface area contributed by atoms with Gasteiger partial charge in [-0.15, -0.1) is 0 Å². The van der Waals surface area contributed by atoms with E-state index in [1.165, 1.54) is 11.0 Å². The second-order valence-electron chi connectivity index (χ2n) is 6.14. The van der Waals surface area contributed by atoms with Crippen molar-refractivity contribution in [3.8, 4) is 0 Å². The highest BCUT2D eigenvalue weighted by atomic mass is 16.2. The van der Waals surface area contributed by atoms with Crippen LogP contribution >= 0.6 is 0 Å². The Morgan fingerprint density at radius 2 is 1.85 bits per heavy atom. The number of rotatable bonds is 4. The highest BCUT2D eigenvalue weighted by Crippen LogP contribution is 2.42. The zero-order valence-corrected chi connectivity index (χ0v) is 14.4. The minimum Gasteiger partial charge on any atom is -0.351 e. The van der Waals surface area contributed by atoms with Crippen LogP contribution in [0, 0.1) is 0 Å². The molecule has 1 aliphatic heterocycles. The first kappa shape index (κ1) is 17.3. The molecule has 0 radical (unpaired) electrons. The fourth-order valence-corrected chi connectivity index (χ4v) is 2.78. The van der Waals surface area contributed by atoms with Crippen molar-refractivity contribution < 1.29 is 14.4 Å². The number of para-hydroxylation sites is 1. The molecule has 0 fully saturated rings. The number of carbonyl (C=O) groups is 3. The van der Waals surface area contributed by atoms with E-state index >= 15 is 0 Å². The van der Waals surface area contributed by atoms with Crippen molar-refractivity contribution in [2.24, 2.45) is 5.73 Å². The normalized spacial score (nSPS) is 11.9. The molecule has 5 amide bonds. The Bertz CT molecular complexity index is 880. The van der Waals surface area contributed by atoms with Crippen molar-refractivity contribution in [3.63, 3.8) is 0 Å². The lowest BCUT2D eigenvalue weighted by atomic mass is 10.1. The Morgan fingerprint density at radius 1 is 1.15 bits per heavy atom. The van der Waals surface area contributed by atoms with Gasteiger partial charge in [-0.3, -0.25) is 9.69 Å². The molecular formula is C18H19N5O3. The summed E-state index contributed by atoms with van der Waals surface area (Å²) < 4.78 is 0. The zero-order valence-electron chi connectivity index (χ0n) is 14.4. The molecule has 5 N–H and O–H groups in total. The number of nitrogens with zero attached hydrogens (tertiary/aromatic N) is 1. The molecule has 2 bridgehead atoms. The number of urea groups is 2. The summed E-state index contributed by atoms with van der Waals surface area (Å²) in [4.78, 5) is 37.7. The monoisotopic (exact) mass is 353 g/mol. The molecule has 0 spiro atoms. The van der Waals surface area contributed by atoms with Crippen LogP contribution in [0.2, 0.25) is 0 Å². The van der Waals surface area contributed by atoms with Crippen molar-refractivity contribution in [1.82, 2.24) is 5.32 Å². The van der Waals surface area contributed by atoms with Gasteiger partial charge in [0.25, 0.3) is 5.91 Å². The largest absolute Gasteiger partial charge is 0.351 e. The van der Waals surface area contributed by atoms with Gasteiger partial charge in [0.15, 0.2) is 0 Å². The molecule has 2 aromatic carbocycles. The van der Waals surface area contributed by atoms with E-state index in [-0.39, 0.29) is 23.5 Å². The molecule has 3 rings (SSSR count). The third kappa shape index (κ3) is 3.30. The standard InChI is InChI=1S/C18H19N5O3/c1-10(2)20-18(26)23(12-6-4-3-5-7-12)15-13-8-11(21-17(19)25)9-14(15)22-16(13)24/h3-10H,1-2H3,(H,20,26)(H,22,24)(H3,19,21,25). The molecule has 1 heterocycles. The van der Waals surface area contributed by atoms with Crippen molar-refractivity contribution in [1.29, 1.82) is 0 Å². The van der Waals surface area contributed by atoms with E-state index < -0.39 is 6.03 Å². The first-order valence-electron chi connectivity index (χ1n) is 8.08. The molecule has 0 unspecified atom stereocenters. The van der Waals surface area contributed by atoms with Gasteiger partial charge in [-0.1, -0.05) is 18.2 Å². The van der Waals surface area contributed by atoms with Crippen LogP contribution in [0.25, 0.3) is 0 Å². The van der Waals surface area contributed by atoms with E-state index in [1.807, 2.05) is 19.9 Å². The van der Waals surface area contributed by atoms with E-state index in [2.05, 4.69) is 16.0 Å². The first-order valence-corrected chi connectivity index (χ1v) is 8.08. The van der Waals surface area contributed by atoms with Gasteiger partial charge < -0.3 is 21.7 Å². The van der Waals surface area contributed by atoms with Gasteiger partial charge in [0.05, 0.1) is 22.6 Å². The highest BCUT2D eigenvalue weighted by molar-refractivity contribution is 6.22. The van der Waals surface area contributed by atoms with Gasteiger partial charge in [-0.2, -0.15) is 0 Å². The summed E-state index contributed by atoms with van der Waals surface area (Å²) in [5, 5.41) is 7.99. The summed E-state index contributed by atoms with van der Waals surface area (Å²) in [5.41, 5.74) is 7.24. The van der Waals surface area contributed by atoms with Gasteiger partial charge in [-0.05, 0) is 38.1 Å². The summed E-state index contributed by atoms with van der Waals surface area (Å²) in [6, 6.07) is 10.9. The van der Waals surface area contributed by atoms with E-state index in [1.54, 1.807) is 30.3 Å². The quantitative estimate of drug-likeness (QED) is 0.677. The minimum absolute atomic E-state index is 0.0826. The fraction of sp³-hybridized carbons (Fsp3) is 0.167. The van der Waals surface area contributed by atoms with Crippen LogP contribution < -0.4 is 26.6 Å². The number of nitrogens with two attached hydrogens (primary N) is 1. The summed E-state index contributed by atoms with van der Waals surface area (Å²) in [6.45, 7) is 3.71. The molecule has 0 atom stereocenters. The second kappa shape index (κ2) is 6.75. The molecule has 8 heteroatoms. The Kier molecular flexibility index (Phi) is 4.49. The molecule has 1 aliphatic rings. The van der Waals surface area contributed by atoms with Crippen LogP contribution in [0.1, 0.15) is 24.2 Å². The molecule has 0 aromatic heterocycles. The number of hydrogen-bond acceptors (Lipinski definition) is 3. The summed E-state index contributed by atoms with van der Waals surface area (Å²) in [7, 11) is 0. The third-order valence-electron chi connectivity index (χ3n) is 3.72. The topological polar surface area (TPSA) is 117 Å². The fourth-order valence-electron chi connectivity index (χ4n) is 2.78. The minimum atomic E-state index is -0.735. The first-order chi connectivity index (χ1) is 12.4. The van der Waals surface area contributed by atoms with Gasteiger partial charge >= 0.3 is 12.1 Å². The molecule has 134 valence electrons. The number of benzene rings is 2. The van der Waals surface area contributed by atoms with Crippen molar-refractivity contribution in [3.05, 3.63) is 48.0 Å². The van der Waals surface area contributed by atoms with E-state index in [0.29, 0.717) is 22.7 Å². The van der Waals surface area contributed by atoms with Crippen molar-refractivity contribution >= 4 is 40.7 Å². The van der Waals surface area contributed by atoms with Gasteiger partial charge in [0.2, 0.25) is 0 Å². The average Bonchev–Trinajstić information content (AvgIpc) is 2.74. The molecule has 0 saturated carbocycles. The smallest absolute Gasteiger partial charge is 0.326 e. The van der Waals surface area contributed by atoms with Gasteiger partial charge in [0.1, 0.15) is 0 Å². The molecule has 0 saturated heterocycles. The third-order valence-corrected chi connectivity index (χ3v) is 3.72. The lowest BCUT2D eigenvalue weighted by Gasteiger charge is -2.25. The average molecular weight is 353 g/mol. The van der Waals surface area contributed by atoms with Crippen molar-refractivity contribution in [2.45, 2.75) is 19.9 Å². The molecule has 0 aliphatic carbocycles. The maximum Gasteiger partial charge on any atom is 0.326 e. The van der Waals surface area contributed by atoms with E-state index in [0.717, 1.165) is 0 Å². The molecule has 26 heavy (non-hydrogen) atoms. The SMILES string of the molecule is CC(C)NC(=O)N(c1ccccc1)c1c2cc(NC(N)=O)cc1C(=O)N2. The van der Waals surface area contributed by atoms with Gasteiger partial charge in [0, 0.05) is 11.7 Å². The number of hydrogen-bond donors (Lipinski definition) is 4. The molecule has 8 nitrogen and oxygen atoms in total. The van der Waals surface area contributed by atoms with E-state index in [4.69, 9.17) is 5.73 Å². The lowest BCUT2D eigenvalue weighted by Crippen LogP contribution is -2.40. The summed E-state index contributed by atoms with van der Waals surface area (Å²) in [6.07, 6.45) is 0. The van der Waals surface area contributed by atoms with Crippen molar-refractivity contribution in [2.75, 3.05) is 15.5 Å². The summed E-state index contributed by atoms with van der Waals surface area (Å²) in [5.74, 6) is -0.356. The zero-order chi connectivity index (χ0) is 18.8. The second-order valence-corrected chi connectivity index (χ2v) is 6.14. The van der Waals surface area contributed by atoms with Gasteiger partial charge in [-0.25, -0.2) is 9.59 Å². The number of carbonyl (C=O) groups excluding carboxylic acids is 3. The Labute approximate surface area is 150 Å². The molecule has 2 aromatic rings. The predicted octanol–water partition coefficient (Wildman–Crippen LogP) is 3.00.